The average molecular weight is 455 g/mol. The van der Waals surface area contributed by atoms with Crippen molar-refractivity contribution >= 4 is 28.0 Å². The molecule has 0 radical (unpaired) electrons. The first-order valence-corrected chi connectivity index (χ1v) is 11.2. The number of hydrogen-bond donors (Lipinski definition) is 3. The molecule has 172 valence electrons. The normalized spacial score (nSPS) is 11.2. The first-order chi connectivity index (χ1) is 16.6. The molecule has 2 heterocycles. The summed E-state index contributed by atoms with van der Waals surface area (Å²) in [4.78, 5) is 25.4. The number of amides is 1. The Bertz CT molecular complexity index is 1450. The van der Waals surface area contributed by atoms with E-state index >= 15 is 0 Å². The number of ether oxygens (including phenoxy) is 1. The standard InChI is InChI=1S/C26H26N6O2/c1-32-23-14-18(26(33)28-11-12-34-19-5-3-2-4-6-19)8-10-21(23)31-25(32)15-24-29-20-9-7-17(16-27)13-22(20)30-24/h2-10,13-14H,11-12,15-16,27H2,1H3,(H,28,33)(H,29,30). The molecule has 34 heavy (non-hydrogen) atoms. The van der Waals surface area contributed by atoms with Gasteiger partial charge in [-0.1, -0.05) is 24.3 Å². The largest absolute Gasteiger partial charge is 0.492 e. The summed E-state index contributed by atoms with van der Waals surface area (Å²) in [5.41, 5.74) is 11.0. The number of nitrogens with two attached hydrogens (primary N) is 1. The lowest BCUT2D eigenvalue weighted by atomic mass is 10.2. The molecule has 0 saturated carbocycles. The van der Waals surface area contributed by atoms with Crippen LogP contribution in [0.15, 0.2) is 66.7 Å². The Morgan fingerprint density at radius 2 is 1.88 bits per heavy atom. The van der Waals surface area contributed by atoms with Gasteiger partial charge in [0.2, 0.25) is 0 Å². The Morgan fingerprint density at radius 1 is 1.06 bits per heavy atom. The van der Waals surface area contributed by atoms with E-state index in [1.807, 2.05) is 72.3 Å². The van der Waals surface area contributed by atoms with Crippen LogP contribution in [0.1, 0.15) is 27.6 Å². The predicted octanol–water partition coefficient (Wildman–Crippen LogP) is 3.31. The third-order valence-corrected chi connectivity index (χ3v) is 5.79. The first-order valence-electron chi connectivity index (χ1n) is 11.2. The lowest BCUT2D eigenvalue weighted by Crippen LogP contribution is -2.28. The van der Waals surface area contributed by atoms with Crippen LogP contribution in [-0.4, -0.2) is 38.6 Å². The van der Waals surface area contributed by atoms with E-state index in [0.717, 1.165) is 45.0 Å². The zero-order valence-corrected chi connectivity index (χ0v) is 18.9. The summed E-state index contributed by atoms with van der Waals surface area (Å²) in [6.07, 6.45) is 0.552. The minimum atomic E-state index is -0.144. The number of benzene rings is 3. The molecule has 0 fully saturated rings. The minimum absolute atomic E-state index is 0.144. The summed E-state index contributed by atoms with van der Waals surface area (Å²) < 4.78 is 7.64. The van der Waals surface area contributed by atoms with Crippen LogP contribution in [0.2, 0.25) is 0 Å². The number of aryl methyl sites for hydroxylation is 1. The van der Waals surface area contributed by atoms with Gasteiger partial charge in [-0.15, -0.1) is 0 Å². The monoisotopic (exact) mass is 454 g/mol. The number of nitrogens with zero attached hydrogens (tertiary/aromatic N) is 3. The highest BCUT2D eigenvalue weighted by atomic mass is 16.5. The van der Waals surface area contributed by atoms with Gasteiger partial charge in [0.15, 0.2) is 0 Å². The Balaban J connectivity index is 1.27. The number of para-hydroxylation sites is 1. The summed E-state index contributed by atoms with van der Waals surface area (Å²) in [6, 6.07) is 21.1. The molecule has 0 saturated heterocycles. The summed E-state index contributed by atoms with van der Waals surface area (Å²) in [5.74, 6) is 2.33. The van der Waals surface area contributed by atoms with Crippen molar-refractivity contribution in [2.45, 2.75) is 13.0 Å². The zero-order chi connectivity index (χ0) is 23.5. The molecule has 0 spiro atoms. The molecule has 1 amide bonds. The zero-order valence-electron chi connectivity index (χ0n) is 18.9. The van der Waals surface area contributed by atoms with E-state index < -0.39 is 0 Å². The van der Waals surface area contributed by atoms with Crippen LogP contribution in [0.4, 0.5) is 0 Å². The summed E-state index contributed by atoms with van der Waals surface area (Å²) in [7, 11) is 1.95. The number of aromatic amines is 1. The van der Waals surface area contributed by atoms with Gasteiger partial charge in [0.05, 0.1) is 35.0 Å². The van der Waals surface area contributed by atoms with Gasteiger partial charge in [-0.05, 0) is 48.0 Å². The number of fused-ring (bicyclic) bond motifs is 2. The van der Waals surface area contributed by atoms with Crippen molar-refractivity contribution in [3.8, 4) is 5.75 Å². The highest BCUT2D eigenvalue weighted by Crippen LogP contribution is 2.20. The molecule has 5 rings (SSSR count). The van der Waals surface area contributed by atoms with Crippen LogP contribution in [0.3, 0.4) is 0 Å². The molecule has 4 N–H and O–H groups in total. The molecule has 5 aromatic rings. The van der Waals surface area contributed by atoms with Crippen molar-refractivity contribution in [2.24, 2.45) is 12.8 Å². The fourth-order valence-electron chi connectivity index (χ4n) is 3.96. The number of rotatable bonds is 8. The Hall–Kier alpha value is -4.17. The SMILES string of the molecule is Cn1c(Cc2nc3ccc(CN)cc3[nH]2)nc2ccc(C(=O)NCCOc3ccccc3)cc21. The fraction of sp³-hybridized carbons (Fsp3) is 0.192. The van der Waals surface area contributed by atoms with E-state index in [9.17, 15) is 4.79 Å². The highest BCUT2D eigenvalue weighted by molar-refractivity contribution is 5.97. The average Bonchev–Trinajstić information content (AvgIpc) is 3.41. The maximum atomic E-state index is 12.6. The van der Waals surface area contributed by atoms with Gasteiger partial charge in [0.1, 0.15) is 24.0 Å². The molecule has 2 aromatic heterocycles. The van der Waals surface area contributed by atoms with E-state index in [1.165, 1.54) is 0 Å². The van der Waals surface area contributed by atoms with Crippen molar-refractivity contribution in [1.29, 1.82) is 0 Å². The molecule has 0 atom stereocenters. The number of carbonyl (C=O) groups is 1. The van der Waals surface area contributed by atoms with Crippen LogP contribution in [0.5, 0.6) is 5.75 Å². The molecule has 0 bridgehead atoms. The van der Waals surface area contributed by atoms with Crippen LogP contribution < -0.4 is 15.8 Å². The molecule has 0 aliphatic rings. The lowest BCUT2D eigenvalue weighted by molar-refractivity contribution is 0.0947. The van der Waals surface area contributed by atoms with Gasteiger partial charge in [-0.2, -0.15) is 0 Å². The van der Waals surface area contributed by atoms with Crippen molar-refractivity contribution in [2.75, 3.05) is 13.2 Å². The van der Waals surface area contributed by atoms with Gasteiger partial charge in [0.25, 0.3) is 5.91 Å². The highest BCUT2D eigenvalue weighted by Gasteiger charge is 2.14. The number of imidazole rings is 2. The van der Waals surface area contributed by atoms with Gasteiger partial charge < -0.3 is 25.3 Å². The number of hydrogen-bond acceptors (Lipinski definition) is 5. The van der Waals surface area contributed by atoms with E-state index in [-0.39, 0.29) is 5.91 Å². The number of carbonyl (C=O) groups excluding carboxylic acids is 1. The van der Waals surface area contributed by atoms with Gasteiger partial charge in [0, 0.05) is 19.2 Å². The predicted molar refractivity (Wildman–Crippen MR) is 132 cm³/mol. The Morgan fingerprint density at radius 3 is 2.71 bits per heavy atom. The third-order valence-electron chi connectivity index (χ3n) is 5.79. The van der Waals surface area contributed by atoms with Crippen LogP contribution in [0, 0.1) is 0 Å². The summed E-state index contributed by atoms with van der Waals surface area (Å²) >= 11 is 0. The second-order valence-corrected chi connectivity index (χ2v) is 8.12. The van der Waals surface area contributed by atoms with E-state index in [2.05, 4.69) is 15.3 Å². The van der Waals surface area contributed by atoms with Crippen molar-refractivity contribution in [1.82, 2.24) is 24.8 Å². The fourth-order valence-corrected chi connectivity index (χ4v) is 3.96. The number of aromatic nitrogens is 4. The van der Waals surface area contributed by atoms with Crippen LogP contribution >= 0.6 is 0 Å². The molecule has 8 nitrogen and oxygen atoms in total. The molecule has 0 aliphatic heterocycles. The second-order valence-electron chi connectivity index (χ2n) is 8.12. The summed E-state index contributed by atoms with van der Waals surface area (Å²) in [6.45, 7) is 1.31. The molecule has 8 heteroatoms. The van der Waals surface area contributed by atoms with Crippen molar-refractivity contribution in [3.05, 3.63) is 89.5 Å². The topological polar surface area (TPSA) is 111 Å². The van der Waals surface area contributed by atoms with E-state index in [1.54, 1.807) is 6.07 Å². The molecule has 0 unspecified atom stereocenters. The first kappa shape index (κ1) is 21.7. The summed E-state index contributed by atoms with van der Waals surface area (Å²) in [5, 5.41) is 2.91. The quantitative estimate of drug-likeness (QED) is 0.312. The number of H-pyrrole nitrogens is 1. The molecular weight excluding hydrogens is 428 g/mol. The Labute approximate surface area is 196 Å². The van der Waals surface area contributed by atoms with E-state index in [4.69, 9.17) is 15.5 Å². The lowest BCUT2D eigenvalue weighted by Gasteiger charge is -2.08. The third kappa shape index (κ3) is 4.49. The van der Waals surface area contributed by atoms with Gasteiger partial charge >= 0.3 is 0 Å². The van der Waals surface area contributed by atoms with Gasteiger partial charge in [-0.25, -0.2) is 9.97 Å². The van der Waals surface area contributed by atoms with Crippen molar-refractivity contribution in [3.63, 3.8) is 0 Å². The van der Waals surface area contributed by atoms with Gasteiger partial charge in [-0.3, -0.25) is 4.79 Å². The maximum absolute atomic E-state index is 12.6. The Kier molecular flexibility index (Phi) is 5.97. The van der Waals surface area contributed by atoms with Crippen LogP contribution in [-0.2, 0) is 20.0 Å². The molecular formula is C26H26N6O2. The minimum Gasteiger partial charge on any atom is -0.492 e. The smallest absolute Gasteiger partial charge is 0.251 e. The molecule has 3 aromatic carbocycles. The van der Waals surface area contributed by atoms with E-state index in [0.29, 0.717) is 31.7 Å². The van der Waals surface area contributed by atoms with Crippen LogP contribution in [0.25, 0.3) is 22.1 Å². The maximum Gasteiger partial charge on any atom is 0.251 e. The number of nitrogens with one attached hydrogen (secondary N) is 2. The second kappa shape index (κ2) is 9.36. The molecule has 0 aliphatic carbocycles. The van der Waals surface area contributed by atoms with Crippen molar-refractivity contribution < 1.29 is 9.53 Å².